The largest absolute Gasteiger partial charge is 0.376 e. The minimum atomic E-state index is -0.175. The average molecular weight is 346 g/mol. The second-order valence-corrected chi connectivity index (χ2v) is 7.65. The number of H-pyrrole nitrogens is 2. The molecule has 2 atom stereocenters. The van der Waals surface area contributed by atoms with E-state index in [0.29, 0.717) is 18.8 Å². The molecule has 3 rings (SSSR count). The quantitative estimate of drug-likeness (QED) is 0.879. The Hall–Kier alpha value is -2.22. The summed E-state index contributed by atoms with van der Waals surface area (Å²) in [6, 6.07) is 0. The van der Waals surface area contributed by atoms with Gasteiger partial charge < -0.3 is 14.6 Å². The van der Waals surface area contributed by atoms with Gasteiger partial charge in [-0.3, -0.25) is 9.89 Å². The van der Waals surface area contributed by atoms with Crippen LogP contribution in [0.1, 0.15) is 60.9 Å². The Morgan fingerprint density at radius 1 is 1.44 bits per heavy atom. The van der Waals surface area contributed by atoms with Gasteiger partial charge in [0.1, 0.15) is 11.5 Å². The number of carbonyl (C=O) groups excluding carboxylic acids is 1. The predicted octanol–water partition coefficient (Wildman–Crippen LogP) is 1.78. The molecule has 0 bridgehead atoms. The van der Waals surface area contributed by atoms with Crippen molar-refractivity contribution in [3.05, 3.63) is 29.4 Å². The number of nitrogens with zero attached hydrogens (tertiary/aromatic N) is 4. The first-order chi connectivity index (χ1) is 11.8. The molecule has 8 heteroatoms. The Balaban J connectivity index is 1.72. The number of aromatic nitrogens is 5. The van der Waals surface area contributed by atoms with Crippen molar-refractivity contribution >= 4 is 5.91 Å². The van der Waals surface area contributed by atoms with Crippen LogP contribution in [-0.2, 0) is 10.2 Å². The minimum absolute atomic E-state index is 0.0986. The lowest BCUT2D eigenvalue weighted by atomic mass is 9.90. The van der Waals surface area contributed by atoms with Gasteiger partial charge in [0.15, 0.2) is 5.82 Å². The number of hydrogen-bond donors (Lipinski definition) is 2. The molecule has 0 aliphatic carbocycles. The predicted molar refractivity (Wildman–Crippen MR) is 92.5 cm³/mol. The highest BCUT2D eigenvalue weighted by Gasteiger charge is 2.35. The lowest BCUT2D eigenvalue weighted by molar-refractivity contribution is 0.0544. The fourth-order valence-corrected chi connectivity index (χ4v) is 3.21. The molecule has 1 fully saturated rings. The number of imidazole rings is 1. The van der Waals surface area contributed by atoms with Gasteiger partial charge in [-0.05, 0) is 13.3 Å². The summed E-state index contributed by atoms with van der Waals surface area (Å²) >= 11 is 0. The molecular formula is C17H26N6O2. The van der Waals surface area contributed by atoms with Crippen molar-refractivity contribution in [2.24, 2.45) is 0 Å². The molecule has 0 saturated carbocycles. The van der Waals surface area contributed by atoms with Crippen LogP contribution in [0.5, 0.6) is 0 Å². The third-order valence-corrected chi connectivity index (χ3v) is 4.55. The van der Waals surface area contributed by atoms with E-state index in [-0.39, 0.29) is 23.3 Å². The van der Waals surface area contributed by atoms with Crippen LogP contribution >= 0.6 is 0 Å². The molecule has 2 N–H and O–H groups in total. The molecule has 0 spiro atoms. The monoisotopic (exact) mass is 346 g/mol. The van der Waals surface area contributed by atoms with Crippen molar-refractivity contribution in [2.75, 3.05) is 20.2 Å². The van der Waals surface area contributed by atoms with E-state index >= 15 is 0 Å². The Morgan fingerprint density at radius 3 is 2.84 bits per heavy atom. The number of carbonyl (C=O) groups is 1. The van der Waals surface area contributed by atoms with Gasteiger partial charge in [0, 0.05) is 25.6 Å². The Kier molecular flexibility index (Phi) is 4.64. The van der Waals surface area contributed by atoms with Crippen LogP contribution in [0, 0.1) is 6.92 Å². The number of nitrogens with one attached hydrogen (secondary N) is 2. The van der Waals surface area contributed by atoms with Gasteiger partial charge >= 0.3 is 0 Å². The van der Waals surface area contributed by atoms with Gasteiger partial charge in [-0.25, -0.2) is 9.97 Å². The summed E-state index contributed by atoms with van der Waals surface area (Å²) in [5.41, 5.74) is 1.14. The number of aryl methyl sites for hydroxylation is 1. The molecule has 25 heavy (non-hydrogen) atoms. The van der Waals surface area contributed by atoms with Gasteiger partial charge in [0.2, 0.25) is 0 Å². The number of amides is 1. The van der Waals surface area contributed by atoms with Crippen LogP contribution in [0.2, 0.25) is 0 Å². The molecule has 1 aliphatic heterocycles. The number of hydrogen-bond acceptors (Lipinski definition) is 5. The van der Waals surface area contributed by atoms with E-state index in [9.17, 15) is 4.79 Å². The number of ether oxygens (including phenoxy) is 1. The second kappa shape index (κ2) is 6.59. The highest BCUT2D eigenvalue weighted by atomic mass is 16.5. The number of rotatable bonds is 4. The summed E-state index contributed by atoms with van der Waals surface area (Å²) < 4.78 is 5.85. The van der Waals surface area contributed by atoms with Gasteiger partial charge in [0.05, 0.1) is 24.0 Å². The van der Waals surface area contributed by atoms with Crippen LogP contribution < -0.4 is 0 Å². The molecule has 1 amide bonds. The zero-order valence-corrected chi connectivity index (χ0v) is 15.5. The molecule has 3 heterocycles. The average Bonchev–Trinajstić information content (AvgIpc) is 3.24. The van der Waals surface area contributed by atoms with Gasteiger partial charge in [-0.15, -0.1) is 0 Å². The Morgan fingerprint density at radius 2 is 2.20 bits per heavy atom. The molecule has 2 aromatic rings. The van der Waals surface area contributed by atoms with Crippen LogP contribution in [0.3, 0.4) is 0 Å². The van der Waals surface area contributed by atoms with Gasteiger partial charge in [-0.1, -0.05) is 20.8 Å². The lowest BCUT2D eigenvalue weighted by Gasteiger charge is -2.25. The summed E-state index contributed by atoms with van der Waals surface area (Å²) in [5.74, 6) is 1.54. The van der Waals surface area contributed by atoms with Gasteiger partial charge in [0.25, 0.3) is 5.91 Å². The summed E-state index contributed by atoms with van der Waals surface area (Å²) in [4.78, 5) is 26.3. The maximum Gasteiger partial charge on any atom is 0.274 e. The van der Waals surface area contributed by atoms with Crippen LogP contribution in [-0.4, -0.2) is 62.3 Å². The van der Waals surface area contributed by atoms with E-state index in [1.54, 1.807) is 18.3 Å². The molecule has 136 valence electrons. The van der Waals surface area contributed by atoms with E-state index in [1.807, 2.05) is 6.92 Å². The second-order valence-electron chi connectivity index (χ2n) is 7.65. The molecular weight excluding hydrogens is 320 g/mol. The van der Waals surface area contributed by atoms with E-state index in [4.69, 9.17) is 4.74 Å². The number of aromatic amines is 2. The highest BCUT2D eigenvalue weighted by molar-refractivity contribution is 5.93. The zero-order chi connectivity index (χ0) is 18.2. The maximum absolute atomic E-state index is 12.9. The van der Waals surface area contributed by atoms with E-state index in [1.165, 1.54) is 0 Å². The first kappa shape index (κ1) is 17.6. The summed E-state index contributed by atoms with van der Waals surface area (Å²) in [5, 5.41) is 7.14. The Labute approximate surface area is 147 Å². The summed E-state index contributed by atoms with van der Waals surface area (Å²) in [7, 11) is 1.78. The third-order valence-electron chi connectivity index (χ3n) is 4.55. The maximum atomic E-state index is 12.9. The lowest BCUT2D eigenvalue weighted by Crippen LogP contribution is -2.37. The number of likely N-dealkylation sites (N-methyl/N-ethyl adjacent to an activating group) is 1. The summed E-state index contributed by atoms with van der Waals surface area (Å²) in [6.45, 7) is 9.17. The Bertz CT molecular complexity index is 744. The molecule has 1 saturated heterocycles. The van der Waals surface area contributed by atoms with Crippen LogP contribution in [0.4, 0.5) is 0 Å². The van der Waals surface area contributed by atoms with Crippen LogP contribution in [0.15, 0.2) is 6.33 Å². The first-order valence-electron chi connectivity index (χ1n) is 8.57. The van der Waals surface area contributed by atoms with E-state index < -0.39 is 0 Å². The standard InChI is InChI=1S/C17H26N6O2/c1-10-20-15(22-21-10)11-6-7-25-12(11)8-23(5)16(24)13-14(17(2,3)4)19-9-18-13/h9,11-12H,6-8H2,1-5H3,(H,18,19)(H,20,21,22)/t11-,12-/m1/s1. The first-order valence-corrected chi connectivity index (χ1v) is 8.57. The van der Waals surface area contributed by atoms with E-state index in [0.717, 1.165) is 23.8 Å². The third kappa shape index (κ3) is 3.58. The van der Waals surface area contributed by atoms with Crippen molar-refractivity contribution in [1.82, 2.24) is 30.0 Å². The molecule has 0 radical (unpaired) electrons. The highest BCUT2D eigenvalue weighted by Crippen LogP contribution is 2.30. The zero-order valence-electron chi connectivity index (χ0n) is 15.5. The fraction of sp³-hybridized carbons (Fsp3) is 0.647. The van der Waals surface area contributed by atoms with Crippen molar-refractivity contribution < 1.29 is 9.53 Å². The summed E-state index contributed by atoms with van der Waals surface area (Å²) in [6.07, 6.45) is 2.33. The molecule has 0 aromatic carbocycles. The SMILES string of the molecule is Cc1nc([C@@H]2CCO[C@@H]2CN(C)C(=O)c2nc[nH]c2C(C)(C)C)n[nH]1. The minimum Gasteiger partial charge on any atom is -0.376 e. The van der Waals surface area contributed by atoms with Crippen molar-refractivity contribution in [1.29, 1.82) is 0 Å². The smallest absolute Gasteiger partial charge is 0.274 e. The fourth-order valence-electron chi connectivity index (χ4n) is 3.21. The van der Waals surface area contributed by atoms with E-state index in [2.05, 4.69) is 45.9 Å². The van der Waals surface area contributed by atoms with Crippen molar-refractivity contribution in [2.45, 2.75) is 51.6 Å². The molecule has 0 unspecified atom stereocenters. The topological polar surface area (TPSA) is 99.8 Å². The van der Waals surface area contributed by atoms with Crippen molar-refractivity contribution in [3.63, 3.8) is 0 Å². The van der Waals surface area contributed by atoms with Crippen molar-refractivity contribution in [3.8, 4) is 0 Å². The van der Waals surface area contributed by atoms with Gasteiger partial charge in [-0.2, -0.15) is 5.10 Å². The van der Waals surface area contributed by atoms with Crippen LogP contribution in [0.25, 0.3) is 0 Å². The molecule has 1 aliphatic rings. The normalized spacial score (nSPS) is 20.8. The molecule has 2 aromatic heterocycles. The molecule has 8 nitrogen and oxygen atoms in total.